The summed E-state index contributed by atoms with van der Waals surface area (Å²) < 4.78 is 11.0. The molecule has 1 aromatic carbocycles. The molecule has 1 N–H and O–H groups in total. The Kier molecular flexibility index (Phi) is 4.80. The zero-order valence-corrected chi connectivity index (χ0v) is 11.9. The van der Waals surface area contributed by atoms with Gasteiger partial charge in [-0.2, -0.15) is 0 Å². The summed E-state index contributed by atoms with van der Waals surface area (Å²) >= 11 is 0. The second-order valence-electron chi connectivity index (χ2n) is 5.18. The summed E-state index contributed by atoms with van der Waals surface area (Å²) in [6.07, 6.45) is -0.856. The number of hydrogen-bond acceptors (Lipinski definition) is 4. The van der Waals surface area contributed by atoms with Crippen LogP contribution in [-0.2, 0) is 4.74 Å². The van der Waals surface area contributed by atoms with Crippen molar-refractivity contribution in [1.82, 2.24) is 4.90 Å². The summed E-state index contributed by atoms with van der Waals surface area (Å²) in [5.74, 6) is 0.709. The average molecular weight is 265 g/mol. The number of morpholine rings is 1. The van der Waals surface area contributed by atoms with E-state index in [0.717, 1.165) is 18.7 Å². The molecule has 1 fully saturated rings. The van der Waals surface area contributed by atoms with Crippen LogP contribution in [-0.4, -0.2) is 49.0 Å². The summed E-state index contributed by atoms with van der Waals surface area (Å²) in [6.45, 7) is 6.66. The van der Waals surface area contributed by atoms with E-state index in [1.165, 1.54) is 0 Å². The van der Waals surface area contributed by atoms with Crippen molar-refractivity contribution in [1.29, 1.82) is 0 Å². The molecular formula is C15H23NO3. The van der Waals surface area contributed by atoms with Crippen LogP contribution in [0.5, 0.6) is 5.75 Å². The maximum Gasteiger partial charge on any atom is 0.124 e. The lowest BCUT2D eigenvalue weighted by atomic mass is 10.0. The number of aliphatic hydroxyl groups excluding tert-OH is 1. The smallest absolute Gasteiger partial charge is 0.124 e. The minimum Gasteiger partial charge on any atom is -0.496 e. The van der Waals surface area contributed by atoms with Crippen molar-refractivity contribution < 1.29 is 14.6 Å². The molecule has 1 heterocycles. The highest BCUT2D eigenvalue weighted by Gasteiger charge is 2.30. The number of para-hydroxylation sites is 1. The highest BCUT2D eigenvalue weighted by Crippen LogP contribution is 2.29. The van der Waals surface area contributed by atoms with E-state index < -0.39 is 6.10 Å². The first kappa shape index (κ1) is 14.3. The molecule has 0 bridgehead atoms. The topological polar surface area (TPSA) is 41.9 Å². The van der Waals surface area contributed by atoms with Crippen molar-refractivity contribution in [2.45, 2.75) is 32.1 Å². The molecule has 4 heteroatoms. The molecule has 1 aromatic rings. The fourth-order valence-corrected chi connectivity index (χ4v) is 2.47. The zero-order valence-electron chi connectivity index (χ0n) is 11.9. The van der Waals surface area contributed by atoms with Crippen LogP contribution in [0.15, 0.2) is 24.3 Å². The van der Waals surface area contributed by atoms with Crippen LogP contribution in [0.2, 0.25) is 0 Å². The second kappa shape index (κ2) is 6.37. The number of rotatable bonds is 4. The van der Waals surface area contributed by atoms with Gasteiger partial charge in [0, 0.05) is 24.7 Å². The van der Waals surface area contributed by atoms with Gasteiger partial charge in [-0.15, -0.1) is 0 Å². The van der Waals surface area contributed by atoms with E-state index in [2.05, 4.69) is 18.7 Å². The molecule has 0 saturated carbocycles. The van der Waals surface area contributed by atoms with Crippen molar-refractivity contribution in [2.75, 3.05) is 26.8 Å². The average Bonchev–Trinajstić information content (AvgIpc) is 2.46. The Morgan fingerprint density at radius 3 is 2.79 bits per heavy atom. The predicted octanol–water partition coefficient (Wildman–Crippen LogP) is 1.84. The molecule has 0 aromatic heterocycles. The van der Waals surface area contributed by atoms with E-state index in [1.54, 1.807) is 7.11 Å². The van der Waals surface area contributed by atoms with Gasteiger partial charge >= 0.3 is 0 Å². The van der Waals surface area contributed by atoms with E-state index in [0.29, 0.717) is 18.4 Å². The van der Waals surface area contributed by atoms with Crippen LogP contribution in [0.3, 0.4) is 0 Å². The quantitative estimate of drug-likeness (QED) is 0.902. The number of aliphatic hydroxyl groups is 1. The van der Waals surface area contributed by atoms with E-state index >= 15 is 0 Å². The van der Waals surface area contributed by atoms with Crippen LogP contribution in [0.4, 0.5) is 0 Å². The molecule has 0 radical (unpaired) electrons. The zero-order chi connectivity index (χ0) is 13.8. The van der Waals surface area contributed by atoms with Gasteiger partial charge in [0.15, 0.2) is 0 Å². The van der Waals surface area contributed by atoms with Gasteiger partial charge in [-0.3, -0.25) is 4.90 Å². The Morgan fingerprint density at radius 2 is 2.11 bits per heavy atom. The molecule has 0 spiro atoms. The molecule has 1 aliphatic heterocycles. The van der Waals surface area contributed by atoms with Crippen LogP contribution < -0.4 is 4.74 Å². The molecule has 4 nitrogen and oxygen atoms in total. The van der Waals surface area contributed by atoms with Crippen LogP contribution in [0.1, 0.15) is 25.5 Å². The molecule has 0 amide bonds. The van der Waals surface area contributed by atoms with Gasteiger partial charge in [0.1, 0.15) is 18.0 Å². The fourth-order valence-electron chi connectivity index (χ4n) is 2.47. The van der Waals surface area contributed by atoms with Crippen molar-refractivity contribution in [3.05, 3.63) is 29.8 Å². The van der Waals surface area contributed by atoms with Gasteiger partial charge in [-0.1, -0.05) is 18.2 Å². The van der Waals surface area contributed by atoms with Crippen molar-refractivity contribution in [3.63, 3.8) is 0 Å². The lowest BCUT2D eigenvalue weighted by molar-refractivity contribution is -0.0965. The molecular weight excluding hydrogens is 242 g/mol. The van der Waals surface area contributed by atoms with Gasteiger partial charge in [-0.25, -0.2) is 0 Å². The Bertz CT molecular complexity index is 408. The number of nitrogens with zero attached hydrogens (tertiary/aromatic N) is 1. The molecule has 2 rings (SSSR count). The molecule has 2 unspecified atom stereocenters. The molecule has 0 aliphatic carbocycles. The lowest BCUT2D eigenvalue weighted by Gasteiger charge is -2.37. The molecule has 2 atom stereocenters. The maximum absolute atomic E-state index is 10.5. The summed E-state index contributed by atoms with van der Waals surface area (Å²) in [4.78, 5) is 2.33. The normalized spacial score (nSPS) is 22.5. The molecule has 1 saturated heterocycles. The van der Waals surface area contributed by atoms with Crippen LogP contribution >= 0.6 is 0 Å². The Morgan fingerprint density at radius 1 is 1.37 bits per heavy atom. The minimum atomic E-state index is -0.655. The van der Waals surface area contributed by atoms with Crippen molar-refractivity contribution in [2.24, 2.45) is 0 Å². The highest BCUT2D eigenvalue weighted by atomic mass is 16.5. The maximum atomic E-state index is 10.5. The monoisotopic (exact) mass is 265 g/mol. The van der Waals surface area contributed by atoms with Crippen molar-refractivity contribution in [3.8, 4) is 5.75 Å². The molecule has 19 heavy (non-hydrogen) atoms. The molecule has 1 aliphatic rings. The third kappa shape index (κ3) is 3.26. The van der Waals surface area contributed by atoms with E-state index in [1.807, 2.05) is 24.3 Å². The Balaban J connectivity index is 2.12. The SMILES string of the molecule is COc1ccccc1C(O)C1CN(C(C)C)CCO1. The first-order valence-electron chi connectivity index (χ1n) is 6.80. The largest absolute Gasteiger partial charge is 0.496 e. The van der Waals surface area contributed by atoms with Gasteiger partial charge in [0.2, 0.25) is 0 Å². The minimum absolute atomic E-state index is 0.201. The first-order valence-corrected chi connectivity index (χ1v) is 6.80. The van der Waals surface area contributed by atoms with Crippen LogP contribution in [0.25, 0.3) is 0 Å². The number of ether oxygens (including phenoxy) is 2. The van der Waals surface area contributed by atoms with Gasteiger partial charge in [0.25, 0.3) is 0 Å². The molecule has 106 valence electrons. The van der Waals surface area contributed by atoms with Crippen LogP contribution in [0, 0.1) is 0 Å². The van der Waals surface area contributed by atoms with E-state index in [4.69, 9.17) is 9.47 Å². The number of hydrogen-bond donors (Lipinski definition) is 1. The van der Waals surface area contributed by atoms with E-state index in [-0.39, 0.29) is 6.10 Å². The third-order valence-electron chi connectivity index (χ3n) is 3.66. The third-order valence-corrected chi connectivity index (χ3v) is 3.66. The standard InChI is InChI=1S/C15H23NO3/c1-11(2)16-8-9-19-14(10-16)15(17)12-6-4-5-7-13(12)18-3/h4-7,11,14-15,17H,8-10H2,1-3H3. The second-order valence-corrected chi connectivity index (χ2v) is 5.18. The predicted molar refractivity (Wildman–Crippen MR) is 74.4 cm³/mol. The fraction of sp³-hybridized carbons (Fsp3) is 0.600. The first-order chi connectivity index (χ1) is 9.13. The summed E-state index contributed by atoms with van der Waals surface area (Å²) in [6, 6.07) is 8.03. The Labute approximate surface area is 114 Å². The summed E-state index contributed by atoms with van der Waals surface area (Å²) in [5.41, 5.74) is 0.792. The lowest BCUT2D eigenvalue weighted by Crippen LogP contribution is -2.47. The summed E-state index contributed by atoms with van der Waals surface area (Å²) in [7, 11) is 1.62. The number of methoxy groups -OCH3 is 1. The van der Waals surface area contributed by atoms with E-state index in [9.17, 15) is 5.11 Å². The van der Waals surface area contributed by atoms with Gasteiger partial charge in [0.05, 0.1) is 13.7 Å². The van der Waals surface area contributed by atoms with Crippen molar-refractivity contribution >= 4 is 0 Å². The summed E-state index contributed by atoms with van der Waals surface area (Å²) in [5, 5.41) is 10.5. The highest BCUT2D eigenvalue weighted by molar-refractivity contribution is 5.35. The Hall–Kier alpha value is -1.10. The van der Waals surface area contributed by atoms with Gasteiger partial charge < -0.3 is 14.6 Å². The van der Waals surface area contributed by atoms with Gasteiger partial charge in [-0.05, 0) is 19.9 Å². The number of benzene rings is 1.